The largest absolute Gasteiger partial charge is 0.369 e. The molecule has 34 heavy (non-hydrogen) atoms. The molecule has 2 fully saturated rings. The summed E-state index contributed by atoms with van der Waals surface area (Å²) in [6.07, 6.45) is 4.04. The summed E-state index contributed by atoms with van der Waals surface area (Å²) in [5.74, 6) is 1.66. The van der Waals surface area contributed by atoms with Crippen LogP contribution in [0, 0.1) is 11.8 Å². The Kier molecular flexibility index (Phi) is 7.52. The number of para-hydroxylation sites is 1. The van der Waals surface area contributed by atoms with E-state index in [1.165, 1.54) is 17.0 Å². The van der Waals surface area contributed by atoms with Gasteiger partial charge >= 0.3 is 0 Å². The van der Waals surface area contributed by atoms with Crippen LogP contribution < -0.4 is 15.5 Å². The van der Waals surface area contributed by atoms with Crippen LogP contribution in [0.3, 0.4) is 0 Å². The van der Waals surface area contributed by atoms with Gasteiger partial charge in [-0.1, -0.05) is 23.4 Å². The Balaban J connectivity index is 1.11. The molecule has 0 saturated carbocycles. The fourth-order valence-corrected chi connectivity index (χ4v) is 5.54. The van der Waals surface area contributed by atoms with Crippen LogP contribution in [0.2, 0.25) is 0 Å². The normalized spacial score (nSPS) is 21.5. The summed E-state index contributed by atoms with van der Waals surface area (Å²) in [6, 6.07) is 12.7. The van der Waals surface area contributed by atoms with E-state index in [0.29, 0.717) is 23.4 Å². The van der Waals surface area contributed by atoms with Gasteiger partial charge in [0, 0.05) is 55.9 Å². The Labute approximate surface area is 204 Å². The van der Waals surface area contributed by atoms with Crippen LogP contribution in [0.15, 0.2) is 52.5 Å². The first kappa shape index (κ1) is 23.0. The number of aromatic nitrogens is 2. The molecule has 0 spiro atoms. The average molecular weight is 481 g/mol. The minimum Gasteiger partial charge on any atom is -0.369 e. The molecule has 8 nitrogen and oxygen atoms in total. The second-order valence-corrected chi connectivity index (χ2v) is 10.1. The zero-order valence-electron chi connectivity index (χ0n) is 19.4. The van der Waals surface area contributed by atoms with Crippen LogP contribution in [-0.4, -0.2) is 60.2 Å². The van der Waals surface area contributed by atoms with Gasteiger partial charge in [0.05, 0.1) is 12.2 Å². The van der Waals surface area contributed by atoms with Gasteiger partial charge in [0.25, 0.3) is 0 Å². The van der Waals surface area contributed by atoms with Gasteiger partial charge in [-0.2, -0.15) is 0 Å². The highest BCUT2D eigenvalue weighted by molar-refractivity contribution is 7.13. The summed E-state index contributed by atoms with van der Waals surface area (Å²) >= 11 is 1.45. The maximum atomic E-state index is 12.5. The number of piperazine rings is 1. The Bertz CT molecular complexity index is 1030. The van der Waals surface area contributed by atoms with E-state index in [2.05, 4.69) is 67.0 Å². The number of thiazole rings is 1. The Morgan fingerprint density at radius 1 is 1.18 bits per heavy atom. The summed E-state index contributed by atoms with van der Waals surface area (Å²) in [5, 5.41) is 13.3. The maximum absolute atomic E-state index is 12.5. The van der Waals surface area contributed by atoms with E-state index in [4.69, 9.17) is 4.52 Å². The minimum absolute atomic E-state index is 0.0438. The van der Waals surface area contributed by atoms with Crippen LogP contribution in [0.5, 0.6) is 0 Å². The highest BCUT2D eigenvalue weighted by atomic mass is 32.1. The number of amides is 1. The molecule has 180 valence electrons. The second-order valence-electron chi connectivity index (χ2n) is 9.19. The number of hydrogen-bond acceptors (Lipinski definition) is 8. The molecular formula is C25H32N6O2S. The van der Waals surface area contributed by atoms with Crippen molar-refractivity contribution >= 4 is 28.1 Å². The van der Waals surface area contributed by atoms with E-state index in [9.17, 15) is 4.79 Å². The van der Waals surface area contributed by atoms with Crippen molar-refractivity contribution in [2.24, 2.45) is 11.8 Å². The number of carbonyl (C=O) groups excluding carboxylic acids is 1. The highest BCUT2D eigenvalue weighted by Gasteiger charge is 2.28. The van der Waals surface area contributed by atoms with Gasteiger partial charge in [-0.05, 0) is 49.9 Å². The molecular weight excluding hydrogens is 448 g/mol. The van der Waals surface area contributed by atoms with Crippen molar-refractivity contribution in [2.45, 2.75) is 25.8 Å². The first-order chi connectivity index (χ1) is 16.7. The standard InChI is InChI=1S/C25H32N6O2S/c32-24(28-25-27-8-13-34-25)15-19-6-7-26-17-20(19)14-21-16-23(33-29-21)18-30-9-11-31(12-10-30)22-4-2-1-3-5-22/h1-5,8,13,16,19-20,26H,6-7,9-12,14-15,17-18H2,(H,27,28,32)/t19-,20+/m0/s1. The number of nitrogens with one attached hydrogen (secondary N) is 2. The van der Waals surface area contributed by atoms with E-state index in [-0.39, 0.29) is 5.91 Å². The number of benzene rings is 1. The smallest absolute Gasteiger partial charge is 0.226 e. The maximum Gasteiger partial charge on any atom is 0.226 e. The predicted molar refractivity (Wildman–Crippen MR) is 134 cm³/mol. The lowest BCUT2D eigenvalue weighted by Gasteiger charge is -2.35. The summed E-state index contributed by atoms with van der Waals surface area (Å²) in [4.78, 5) is 21.5. The van der Waals surface area contributed by atoms with Crippen molar-refractivity contribution in [3.8, 4) is 0 Å². The van der Waals surface area contributed by atoms with Crippen molar-refractivity contribution in [1.82, 2.24) is 20.4 Å². The zero-order chi connectivity index (χ0) is 23.2. The molecule has 2 aliphatic rings. The lowest BCUT2D eigenvalue weighted by Crippen LogP contribution is -2.45. The fourth-order valence-electron chi connectivity index (χ4n) is 5.00. The zero-order valence-corrected chi connectivity index (χ0v) is 20.2. The quantitative estimate of drug-likeness (QED) is 0.512. The third kappa shape index (κ3) is 6.02. The first-order valence-electron chi connectivity index (χ1n) is 12.1. The van der Waals surface area contributed by atoms with E-state index in [1.54, 1.807) is 6.20 Å². The van der Waals surface area contributed by atoms with Crippen LogP contribution in [0.1, 0.15) is 24.3 Å². The van der Waals surface area contributed by atoms with Gasteiger partial charge in [0.15, 0.2) is 10.9 Å². The van der Waals surface area contributed by atoms with Crippen LogP contribution in [0.4, 0.5) is 10.8 Å². The van der Waals surface area contributed by atoms with Crippen LogP contribution >= 0.6 is 11.3 Å². The lowest BCUT2D eigenvalue weighted by molar-refractivity contribution is -0.117. The molecule has 1 amide bonds. The average Bonchev–Trinajstić information content (AvgIpc) is 3.53. The number of piperidine rings is 1. The van der Waals surface area contributed by atoms with E-state index >= 15 is 0 Å². The first-order valence-corrected chi connectivity index (χ1v) is 13.0. The Morgan fingerprint density at radius 2 is 2.03 bits per heavy atom. The molecule has 0 bridgehead atoms. The number of anilines is 2. The number of carbonyl (C=O) groups is 1. The minimum atomic E-state index is 0.0438. The van der Waals surface area contributed by atoms with E-state index < -0.39 is 0 Å². The summed E-state index contributed by atoms with van der Waals surface area (Å²) < 4.78 is 5.70. The second kappa shape index (κ2) is 11.1. The van der Waals surface area contributed by atoms with Gasteiger partial charge in [-0.25, -0.2) is 4.98 Å². The molecule has 2 saturated heterocycles. The van der Waals surface area contributed by atoms with Gasteiger partial charge in [-0.3, -0.25) is 9.69 Å². The molecule has 0 unspecified atom stereocenters. The molecule has 2 atom stereocenters. The molecule has 0 aliphatic carbocycles. The predicted octanol–water partition coefficient (Wildman–Crippen LogP) is 3.25. The monoisotopic (exact) mass is 480 g/mol. The fraction of sp³-hybridized carbons (Fsp3) is 0.480. The molecule has 3 aromatic rings. The molecule has 0 radical (unpaired) electrons. The summed E-state index contributed by atoms with van der Waals surface area (Å²) in [5.41, 5.74) is 2.28. The lowest BCUT2D eigenvalue weighted by atomic mass is 9.81. The van der Waals surface area contributed by atoms with Gasteiger partial charge < -0.3 is 20.1 Å². The van der Waals surface area contributed by atoms with Crippen LogP contribution in [0.25, 0.3) is 0 Å². The highest BCUT2D eigenvalue weighted by Crippen LogP contribution is 2.27. The van der Waals surface area contributed by atoms with Gasteiger partial charge in [0.2, 0.25) is 5.91 Å². The molecule has 5 rings (SSSR count). The number of hydrogen-bond donors (Lipinski definition) is 2. The number of rotatable bonds is 8. The van der Waals surface area contributed by atoms with Crippen LogP contribution in [-0.2, 0) is 17.8 Å². The third-order valence-electron chi connectivity index (χ3n) is 6.84. The molecule has 4 heterocycles. The molecule has 2 aromatic heterocycles. The topological polar surface area (TPSA) is 86.5 Å². The van der Waals surface area contributed by atoms with Crippen molar-refractivity contribution in [3.05, 3.63) is 59.4 Å². The van der Waals surface area contributed by atoms with Crippen molar-refractivity contribution in [2.75, 3.05) is 49.5 Å². The molecule has 1 aromatic carbocycles. The Morgan fingerprint density at radius 3 is 2.82 bits per heavy atom. The molecule has 2 N–H and O–H groups in total. The number of nitrogens with zero attached hydrogens (tertiary/aromatic N) is 4. The van der Waals surface area contributed by atoms with E-state index in [1.807, 2.05) is 5.38 Å². The van der Waals surface area contributed by atoms with Gasteiger partial charge in [-0.15, -0.1) is 11.3 Å². The third-order valence-corrected chi connectivity index (χ3v) is 7.53. The summed E-state index contributed by atoms with van der Waals surface area (Å²) in [6.45, 7) is 6.69. The molecule has 2 aliphatic heterocycles. The molecule has 9 heteroatoms. The van der Waals surface area contributed by atoms with Crippen molar-refractivity contribution in [3.63, 3.8) is 0 Å². The van der Waals surface area contributed by atoms with Crippen molar-refractivity contribution in [1.29, 1.82) is 0 Å². The summed E-state index contributed by atoms with van der Waals surface area (Å²) in [7, 11) is 0. The Hall–Kier alpha value is -2.75. The van der Waals surface area contributed by atoms with Crippen molar-refractivity contribution < 1.29 is 9.32 Å². The van der Waals surface area contributed by atoms with E-state index in [0.717, 1.165) is 70.1 Å². The van der Waals surface area contributed by atoms with Gasteiger partial charge in [0.1, 0.15) is 0 Å². The SMILES string of the molecule is O=C(C[C@@H]1CCNC[C@H]1Cc1cc(CN2CCN(c3ccccc3)CC2)on1)Nc1nccs1.